The summed E-state index contributed by atoms with van der Waals surface area (Å²) in [6.45, 7) is 0. The molecular weight excluding hydrogens is 148 g/mol. The van der Waals surface area contributed by atoms with E-state index in [1.807, 2.05) is 11.8 Å². The molecule has 0 radical (unpaired) electrons. The van der Waals surface area contributed by atoms with Crippen molar-refractivity contribution in [3.8, 4) is 0 Å². The van der Waals surface area contributed by atoms with Gasteiger partial charge in [-0.2, -0.15) is 0 Å². The molecule has 0 aromatic heterocycles. The van der Waals surface area contributed by atoms with Gasteiger partial charge >= 0.3 is 56.9 Å². The standard InChI is InChI=1S/C5H9S.Fe/c1-2-4-6-5-3-1;/h4H,1-3,5H2;. The van der Waals surface area contributed by atoms with Crippen LogP contribution in [-0.2, 0) is 16.0 Å². The van der Waals surface area contributed by atoms with E-state index in [9.17, 15) is 0 Å². The molecule has 0 spiro atoms. The molecule has 2 heteroatoms. The van der Waals surface area contributed by atoms with Crippen molar-refractivity contribution in [2.75, 3.05) is 5.75 Å². The van der Waals surface area contributed by atoms with E-state index in [0.717, 1.165) is 0 Å². The van der Waals surface area contributed by atoms with E-state index in [1.54, 1.807) is 0 Å². The van der Waals surface area contributed by atoms with Gasteiger partial charge in [0.1, 0.15) is 0 Å². The first kappa shape index (κ1) is 6.00. The zero-order valence-electron chi connectivity index (χ0n) is 4.17. The summed E-state index contributed by atoms with van der Waals surface area (Å²) in [6, 6.07) is 0. The fraction of sp³-hybridized carbons (Fsp3) is 1.00. The van der Waals surface area contributed by atoms with Crippen LogP contribution < -0.4 is 0 Å². The Kier molecular flexibility index (Phi) is 2.58. The van der Waals surface area contributed by atoms with Crippen LogP contribution >= 0.6 is 11.8 Å². The van der Waals surface area contributed by atoms with Gasteiger partial charge in [-0.05, 0) is 0 Å². The predicted octanol–water partition coefficient (Wildman–Crippen LogP) is 1.78. The van der Waals surface area contributed by atoms with Crippen LogP contribution in [0.25, 0.3) is 0 Å². The van der Waals surface area contributed by atoms with Gasteiger partial charge in [0.25, 0.3) is 0 Å². The number of hydrogen-bond acceptors (Lipinski definition) is 1. The maximum absolute atomic E-state index is 3.96. The van der Waals surface area contributed by atoms with E-state index < -0.39 is 0 Å². The summed E-state index contributed by atoms with van der Waals surface area (Å²) in [5, 5.41) is 0. The molecule has 0 N–H and O–H groups in total. The summed E-state index contributed by atoms with van der Waals surface area (Å²) in [5.41, 5.74) is 0. The van der Waals surface area contributed by atoms with Crippen LogP contribution in [0.3, 0.4) is 0 Å². The van der Waals surface area contributed by atoms with Crippen LogP contribution in [0, 0.1) is 0 Å². The first-order valence-electron chi connectivity index (χ1n) is 2.64. The molecule has 0 saturated carbocycles. The molecule has 1 atom stereocenters. The van der Waals surface area contributed by atoms with Crippen molar-refractivity contribution < 1.29 is 16.0 Å². The molecule has 0 aromatic carbocycles. The fourth-order valence-electron chi connectivity index (χ4n) is 0.694. The molecule has 7 heavy (non-hydrogen) atoms. The number of thioether (sulfide) groups is 1. The summed E-state index contributed by atoms with van der Waals surface area (Å²) in [7, 11) is 0. The fourth-order valence-corrected chi connectivity index (χ4v) is 2.26. The molecule has 0 aromatic rings. The third kappa shape index (κ3) is 2.07. The van der Waals surface area contributed by atoms with E-state index in [1.165, 1.54) is 25.0 Å². The minimum atomic E-state index is 0.703. The van der Waals surface area contributed by atoms with Crippen LogP contribution in [0.4, 0.5) is 0 Å². The number of hydrogen-bond donors (Lipinski definition) is 0. The van der Waals surface area contributed by atoms with Crippen LogP contribution in [-0.4, -0.2) is 9.90 Å². The van der Waals surface area contributed by atoms with Crippen molar-refractivity contribution in [3.05, 3.63) is 0 Å². The molecule has 1 heterocycles. The second-order valence-electron chi connectivity index (χ2n) is 1.76. The Balaban J connectivity index is 2.12. The second-order valence-corrected chi connectivity index (χ2v) is 4.23. The van der Waals surface area contributed by atoms with Crippen LogP contribution in [0.1, 0.15) is 19.3 Å². The molecule has 1 fully saturated rings. The maximum atomic E-state index is 3.96. The summed E-state index contributed by atoms with van der Waals surface area (Å²) < 4.78 is 0.703. The average Bonchev–Trinajstić information content (AvgIpc) is 1.69. The topological polar surface area (TPSA) is 0 Å². The zero-order chi connectivity index (χ0) is 5.11. The van der Waals surface area contributed by atoms with E-state index in [4.69, 9.17) is 0 Å². The first-order chi connectivity index (χ1) is 3.39. The normalized spacial score (nSPS) is 33.0. The SMILES string of the molecule is [Fe][CH]1CCCCS1. The molecule has 0 amide bonds. The van der Waals surface area contributed by atoms with Crippen molar-refractivity contribution in [3.63, 3.8) is 0 Å². The van der Waals surface area contributed by atoms with Crippen molar-refractivity contribution >= 4 is 11.8 Å². The third-order valence-corrected chi connectivity index (χ3v) is 3.10. The Morgan fingerprint density at radius 3 is 2.57 bits per heavy atom. The van der Waals surface area contributed by atoms with Crippen LogP contribution in [0.15, 0.2) is 0 Å². The Morgan fingerprint density at radius 2 is 2.29 bits per heavy atom. The monoisotopic (exact) mass is 157 g/mol. The molecule has 1 rings (SSSR count). The van der Waals surface area contributed by atoms with Gasteiger partial charge in [0, 0.05) is 0 Å². The molecule has 1 saturated heterocycles. The summed E-state index contributed by atoms with van der Waals surface area (Å²) in [4.78, 5) is 0. The Labute approximate surface area is 57.3 Å². The van der Waals surface area contributed by atoms with Crippen molar-refractivity contribution in [1.82, 2.24) is 0 Å². The van der Waals surface area contributed by atoms with Gasteiger partial charge in [-0.15, -0.1) is 0 Å². The minimum absolute atomic E-state index is 0.703. The van der Waals surface area contributed by atoms with Gasteiger partial charge in [0.15, 0.2) is 0 Å². The molecule has 1 aliphatic heterocycles. The van der Waals surface area contributed by atoms with Crippen molar-refractivity contribution in [1.29, 1.82) is 0 Å². The van der Waals surface area contributed by atoms with E-state index >= 15 is 0 Å². The third-order valence-electron chi connectivity index (χ3n) is 1.11. The molecule has 0 nitrogen and oxygen atoms in total. The molecule has 0 aliphatic carbocycles. The van der Waals surface area contributed by atoms with Gasteiger partial charge in [0.05, 0.1) is 0 Å². The molecule has 1 unspecified atom stereocenters. The second kappa shape index (κ2) is 3.01. The molecule has 43 valence electrons. The Morgan fingerprint density at radius 1 is 1.43 bits per heavy atom. The average molecular weight is 157 g/mol. The van der Waals surface area contributed by atoms with Crippen molar-refractivity contribution in [2.45, 2.75) is 23.4 Å². The number of rotatable bonds is 0. The molecular formula is C5H9FeS. The zero-order valence-corrected chi connectivity index (χ0v) is 6.09. The van der Waals surface area contributed by atoms with E-state index in [-0.39, 0.29) is 0 Å². The van der Waals surface area contributed by atoms with E-state index in [2.05, 4.69) is 16.0 Å². The quantitative estimate of drug-likeness (QED) is 0.483. The molecule has 0 bridgehead atoms. The summed E-state index contributed by atoms with van der Waals surface area (Å²) in [5.74, 6) is 1.34. The van der Waals surface area contributed by atoms with E-state index in [0.29, 0.717) is 4.15 Å². The van der Waals surface area contributed by atoms with Crippen LogP contribution in [0.5, 0.6) is 0 Å². The van der Waals surface area contributed by atoms with Crippen molar-refractivity contribution in [2.24, 2.45) is 0 Å². The van der Waals surface area contributed by atoms with Gasteiger partial charge < -0.3 is 0 Å². The van der Waals surface area contributed by atoms with Gasteiger partial charge in [-0.25, -0.2) is 0 Å². The van der Waals surface area contributed by atoms with Crippen LogP contribution in [0.2, 0.25) is 0 Å². The van der Waals surface area contributed by atoms with Gasteiger partial charge in [-0.3, -0.25) is 0 Å². The van der Waals surface area contributed by atoms with Gasteiger partial charge in [-0.1, -0.05) is 0 Å². The van der Waals surface area contributed by atoms with Gasteiger partial charge in [0.2, 0.25) is 0 Å². The molecule has 1 aliphatic rings. The summed E-state index contributed by atoms with van der Waals surface area (Å²) in [6.07, 6.45) is 4.16. The summed E-state index contributed by atoms with van der Waals surface area (Å²) >= 11 is 5.97. The Bertz CT molecular complexity index is 50.0. The Hall–Kier alpha value is 0.869. The first-order valence-corrected chi connectivity index (χ1v) is 4.32. The predicted molar refractivity (Wildman–Crippen MR) is 30.1 cm³/mol.